The highest BCUT2D eigenvalue weighted by Gasteiger charge is 2.48. The van der Waals surface area contributed by atoms with E-state index >= 15 is 0 Å². The van der Waals surface area contributed by atoms with Gasteiger partial charge in [0.25, 0.3) is 0 Å². The van der Waals surface area contributed by atoms with Gasteiger partial charge in [-0.25, -0.2) is 0 Å². The number of ketones is 1. The highest BCUT2D eigenvalue weighted by molar-refractivity contribution is 9.10. The Morgan fingerprint density at radius 1 is 1.43 bits per heavy atom. The molecule has 3 aliphatic rings. The van der Waals surface area contributed by atoms with Crippen molar-refractivity contribution >= 4 is 21.7 Å². The first-order valence-corrected chi connectivity index (χ1v) is 6.46. The molecule has 0 aliphatic heterocycles. The molecule has 0 heterocycles. The first-order valence-electron chi connectivity index (χ1n) is 5.55. The summed E-state index contributed by atoms with van der Waals surface area (Å²) < 4.78 is 0. The minimum atomic E-state index is 0.0697. The van der Waals surface area contributed by atoms with Gasteiger partial charge in [0.1, 0.15) is 5.78 Å². The number of fused-ring (bicyclic) bond motifs is 1. The molecular weight excluding hydrogens is 240 g/mol. The lowest BCUT2D eigenvalue weighted by Crippen LogP contribution is -2.30. The largest absolute Gasteiger partial charge is 0.298 e. The first-order chi connectivity index (χ1) is 6.66. The lowest BCUT2D eigenvalue weighted by atomic mass is 9.70. The average Bonchev–Trinajstić information content (AvgIpc) is 2.51. The van der Waals surface area contributed by atoms with Crippen molar-refractivity contribution in [3.05, 3.63) is 11.6 Å². The Hall–Kier alpha value is -0.110. The van der Waals surface area contributed by atoms with E-state index in [0.29, 0.717) is 17.6 Å². The maximum Gasteiger partial charge on any atom is 0.150 e. The Bertz CT molecular complexity index is 320. The van der Waals surface area contributed by atoms with Crippen LogP contribution in [0.4, 0.5) is 0 Å². The Morgan fingerprint density at radius 3 is 3.00 bits per heavy atom. The molecule has 5 unspecified atom stereocenters. The summed E-state index contributed by atoms with van der Waals surface area (Å²) in [5.41, 5.74) is 1.64. The summed E-state index contributed by atoms with van der Waals surface area (Å²) in [6.45, 7) is 2.16. The molecule has 2 fully saturated rings. The second kappa shape index (κ2) is 2.94. The maximum absolute atomic E-state index is 12.1. The summed E-state index contributed by atoms with van der Waals surface area (Å²) in [4.78, 5) is 12.1. The molecule has 5 atom stereocenters. The van der Waals surface area contributed by atoms with Gasteiger partial charge in [0.2, 0.25) is 0 Å². The number of carbonyl (C=O) groups excluding carboxylic acids is 1. The van der Waals surface area contributed by atoms with Gasteiger partial charge < -0.3 is 0 Å². The topological polar surface area (TPSA) is 17.1 Å². The monoisotopic (exact) mass is 254 g/mol. The molecule has 0 amide bonds. The van der Waals surface area contributed by atoms with E-state index in [4.69, 9.17) is 0 Å². The van der Waals surface area contributed by atoms with Crippen molar-refractivity contribution in [1.29, 1.82) is 0 Å². The van der Waals surface area contributed by atoms with E-state index in [0.717, 1.165) is 24.7 Å². The van der Waals surface area contributed by atoms with Gasteiger partial charge >= 0.3 is 0 Å². The van der Waals surface area contributed by atoms with E-state index in [2.05, 4.69) is 28.9 Å². The van der Waals surface area contributed by atoms with Crippen LogP contribution in [0.25, 0.3) is 0 Å². The molecule has 2 bridgehead atoms. The zero-order valence-electron chi connectivity index (χ0n) is 8.37. The van der Waals surface area contributed by atoms with Crippen molar-refractivity contribution in [3.63, 3.8) is 0 Å². The Morgan fingerprint density at radius 2 is 2.21 bits per heavy atom. The Balaban J connectivity index is 1.99. The molecule has 0 aromatic rings. The van der Waals surface area contributed by atoms with Crippen molar-refractivity contribution < 1.29 is 4.79 Å². The van der Waals surface area contributed by atoms with E-state index in [9.17, 15) is 4.79 Å². The summed E-state index contributed by atoms with van der Waals surface area (Å²) in [6.07, 6.45) is 5.93. The fraction of sp³-hybridized carbons (Fsp3) is 0.750. The van der Waals surface area contributed by atoms with Crippen LogP contribution < -0.4 is 0 Å². The maximum atomic E-state index is 12.1. The van der Waals surface area contributed by atoms with Crippen LogP contribution in [0.2, 0.25) is 0 Å². The molecule has 1 nitrogen and oxygen atoms in total. The van der Waals surface area contributed by atoms with Crippen molar-refractivity contribution in [3.8, 4) is 0 Å². The third-order valence-electron chi connectivity index (χ3n) is 4.28. The third kappa shape index (κ3) is 1.09. The Kier molecular flexibility index (Phi) is 1.92. The van der Waals surface area contributed by atoms with E-state index in [1.807, 2.05) is 0 Å². The van der Waals surface area contributed by atoms with Crippen LogP contribution in [0, 0.1) is 23.7 Å². The molecule has 0 aromatic heterocycles. The molecule has 3 aliphatic carbocycles. The number of allylic oxidation sites excluding steroid dienone is 2. The van der Waals surface area contributed by atoms with Gasteiger partial charge in [-0.2, -0.15) is 0 Å². The van der Waals surface area contributed by atoms with E-state index in [1.54, 1.807) is 5.57 Å². The molecule has 76 valence electrons. The highest BCUT2D eigenvalue weighted by Crippen LogP contribution is 2.55. The number of rotatable bonds is 0. The predicted octanol–water partition coefficient (Wildman–Crippen LogP) is 2.94. The molecule has 2 saturated carbocycles. The fourth-order valence-electron chi connectivity index (χ4n) is 3.43. The zero-order valence-corrected chi connectivity index (χ0v) is 9.96. The van der Waals surface area contributed by atoms with E-state index in [1.165, 1.54) is 6.42 Å². The summed E-state index contributed by atoms with van der Waals surface area (Å²) in [5, 5.41) is 0. The van der Waals surface area contributed by atoms with Gasteiger partial charge in [0.15, 0.2) is 0 Å². The quantitative estimate of drug-likeness (QED) is 0.480. The SMILES string of the molecule is CC1C=C2CC3CC(CC23)C(=O)C1Br. The van der Waals surface area contributed by atoms with Gasteiger partial charge in [-0.15, -0.1) is 0 Å². The lowest BCUT2D eigenvalue weighted by Gasteiger charge is -2.35. The normalized spacial score (nSPS) is 50.6. The van der Waals surface area contributed by atoms with Gasteiger partial charge in [0, 0.05) is 5.92 Å². The van der Waals surface area contributed by atoms with Gasteiger partial charge in [0.05, 0.1) is 4.83 Å². The second-order valence-electron chi connectivity index (χ2n) is 5.14. The van der Waals surface area contributed by atoms with Crippen molar-refractivity contribution in [1.82, 2.24) is 0 Å². The number of alkyl halides is 1. The second-order valence-corrected chi connectivity index (χ2v) is 6.13. The minimum absolute atomic E-state index is 0.0697. The summed E-state index contributed by atoms with van der Waals surface area (Å²) >= 11 is 3.56. The number of carbonyl (C=O) groups is 1. The minimum Gasteiger partial charge on any atom is -0.298 e. The summed E-state index contributed by atoms with van der Waals surface area (Å²) in [6, 6.07) is 0. The van der Waals surface area contributed by atoms with Gasteiger partial charge in [-0.3, -0.25) is 4.79 Å². The van der Waals surface area contributed by atoms with Crippen molar-refractivity contribution in [2.24, 2.45) is 23.7 Å². The van der Waals surface area contributed by atoms with Crippen LogP contribution >= 0.6 is 15.9 Å². The molecule has 0 saturated heterocycles. The Labute approximate surface area is 93.1 Å². The molecule has 0 N–H and O–H groups in total. The van der Waals surface area contributed by atoms with Crippen molar-refractivity contribution in [2.45, 2.75) is 31.0 Å². The molecule has 3 rings (SSSR count). The molecule has 14 heavy (non-hydrogen) atoms. The van der Waals surface area contributed by atoms with Crippen LogP contribution in [-0.2, 0) is 4.79 Å². The predicted molar refractivity (Wildman–Crippen MR) is 59.3 cm³/mol. The lowest BCUT2D eigenvalue weighted by molar-refractivity contribution is -0.122. The number of hydrogen-bond acceptors (Lipinski definition) is 1. The zero-order chi connectivity index (χ0) is 9.87. The molecule has 2 heteroatoms. The number of halogens is 1. The van der Waals surface area contributed by atoms with Gasteiger partial charge in [-0.1, -0.05) is 34.5 Å². The van der Waals surface area contributed by atoms with Crippen LogP contribution in [0.1, 0.15) is 26.2 Å². The molecular formula is C12H15BrO. The van der Waals surface area contributed by atoms with Crippen LogP contribution in [-0.4, -0.2) is 10.6 Å². The van der Waals surface area contributed by atoms with Crippen molar-refractivity contribution in [2.75, 3.05) is 0 Å². The first kappa shape index (κ1) is 9.14. The van der Waals surface area contributed by atoms with E-state index < -0.39 is 0 Å². The number of hydrogen-bond donors (Lipinski definition) is 0. The van der Waals surface area contributed by atoms with Crippen LogP contribution in [0.15, 0.2) is 11.6 Å². The van der Waals surface area contributed by atoms with E-state index in [-0.39, 0.29) is 4.83 Å². The average molecular weight is 255 g/mol. The van der Waals surface area contributed by atoms with Crippen LogP contribution in [0.3, 0.4) is 0 Å². The standard InChI is InChI=1S/C12H15BrO/c1-6-2-7-3-8-4-9(5-10(7)8)12(14)11(6)13/h2,6,8-11H,3-5H2,1H3. The smallest absolute Gasteiger partial charge is 0.150 e. The summed E-state index contributed by atoms with van der Waals surface area (Å²) in [7, 11) is 0. The molecule has 0 radical (unpaired) electrons. The number of Topliss-reactive ketones (excluding diaryl/α,β-unsaturated/α-hetero) is 1. The third-order valence-corrected chi connectivity index (χ3v) is 5.57. The van der Waals surface area contributed by atoms with Gasteiger partial charge in [-0.05, 0) is 37.0 Å². The molecule has 0 aromatic carbocycles. The summed E-state index contributed by atoms with van der Waals surface area (Å²) in [5.74, 6) is 2.85. The van der Waals surface area contributed by atoms with Crippen LogP contribution in [0.5, 0.6) is 0 Å². The molecule has 0 spiro atoms. The fourth-order valence-corrected chi connectivity index (χ4v) is 3.96. The highest BCUT2D eigenvalue weighted by atomic mass is 79.9.